The van der Waals surface area contributed by atoms with Crippen molar-refractivity contribution in [2.45, 2.75) is 18.9 Å². The normalized spacial score (nSPS) is 15.5. The van der Waals surface area contributed by atoms with Gasteiger partial charge in [0.25, 0.3) is 5.91 Å². The summed E-state index contributed by atoms with van der Waals surface area (Å²) in [6.45, 7) is 2.50. The van der Waals surface area contributed by atoms with Gasteiger partial charge in [0.2, 0.25) is 0 Å². The van der Waals surface area contributed by atoms with Gasteiger partial charge in [-0.2, -0.15) is 0 Å². The Balaban J connectivity index is 1.48. The van der Waals surface area contributed by atoms with Crippen LogP contribution >= 0.6 is 0 Å². The predicted molar refractivity (Wildman–Crippen MR) is 108 cm³/mol. The molecule has 1 atom stereocenters. The van der Waals surface area contributed by atoms with E-state index < -0.39 is 0 Å². The third-order valence-corrected chi connectivity index (χ3v) is 5.30. The van der Waals surface area contributed by atoms with Gasteiger partial charge in [0, 0.05) is 30.2 Å². The SMILES string of the molecule is O=C(NCC(c1ccc(F)cc1)N1CCCC1)c1cccc(-n2cccc2)c1. The smallest absolute Gasteiger partial charge is 0.251 e. The van der Waals surface area contributed by atoms with E-state index in [9.17, 15) is 9.18 Å². The molecule has 1 N–H and O–H groups in total. The van der Waals surface area contributed by atoms with Crippen LogP contribution in [-0.2, 0) is 0 Å². The number of carbonyl (C=O) groups is 1. The Morgan fingerprint density at radius 2 is 1.71 bits per heavy atom. The third-order valence-electron chi connectivity index (χ3n) is 5.30. The second-order valence-electron chi connectivity index (χ2n) is 7.16. The minimum Gasteiger partial charge on any atom is -0.350 e. The summed E-state index contributed by atoms with van der Waals surface area (Å²) in [5.41, 5.74) is 2.61. The molecule has 1 aliphatic heterocycles. The number of amides is 1. The first-order valence-electron chi connectivity index (χ1n) is 9.72. The Morgan fingerprint density at radius 3 is 2.43 bits per heavy atom. The molecule has 28 heavy (non-hydrogen) atoms. The molecule has 0 bridgehead atoms. The van der Waals surface area contributed by atoms with Gasteiger partial charge in [-0.1, -0.05) is 18.2 Å². The Morgan fingerprint density at radius 1 is 1.00 bits per heavy atom. The number of benzene rings is 2. The molecule has 1 amide bonds. The molecule has 1 unspecified atom stereocenters. The zero-order valence-electron chi connectivity index (χ0n) is 15.7. The Bertz CT molecular complexity index is 915. The molecular formula is C23H24FN3O. The van der Waals surface area contributed by atoms with Gasteiger partial charge in [0.05, 0.1) is 6.04 Å². The second kappa shape index (κ2) is 8.40. The molecule has 5 heteroatoms. The van der Waals surface area contributed by atoms with E-state index in [1.165, 1.54) is 12.1 Å². The quantitative estimate of drug-likeness (QED) is 0.700. The van der Waals surface area contributed by atoms with Crippen LogP contribution in [0, 0.1) is 5.82 Å². The van der Waals surface area contributed by atoms with Crippen LogP contribution in [0.1, 0.15) is 34.8 Å². The van der Waals surface area contributed by atoms with Crippen LogP contribution in [0.4, 0.5) is 4.39 Å². The zero-order valence-corrected chi connectivity index (χ0v) is 15.7. The molecule has 0 aliphatic carbocycles. The number of likely N-dealkylation sites (tertiary alicyclic amines) is 1. The van der Waals surface area contributed by atoms with E-state index in [1.807, 2.05) is 65.5 Å². The molecule has 1 aromatic heterocycles. The second-order valence-corrected chi connectivity index (χ2v) is 7.16. The van der Waals surface area contributed by atoms with Gasteiger partial charge < -0.3 is 9.88 Å². The van der Waals surface area contributed by atoms with Crippen LogP contribution in [0.25, 0.3) is 5.69 Å². The van der Waals surface area contributed by atoms with Crippen molar-refractivity contribution in [3.8, 4) is 5.69 Å². The lowest BCUT2D eigenvalue weighted by atomic mass is 10.0. The van der Waals surface area contributed by atoms with Crippen molar-refractivity contribution in [1.82, 2.24) is 14.8 Å². The summed E-state index contributed by atoms with van der Waals surface area (Å²) >= 11 is 0. The molecule has 144 valence electrons. The largest absolute Gasteiger partial charge is 0.350 e. The third kappa shape index (κ3) is 4.15. The highest BCUT2D eigenvalue weighted by molar-refractivity contribution is 5.94. The number of hydrogen-bond donors (Lipinski definition) is 1. The molecule has 3 aromatic rings. The van der Waals surface area contributed by atoms with Gasteiger partial charge in [-0.15, -0.1) is 0 Å². The summed E-state index contributed by atoms with van der Waals surface area (Å²) in [5.74, 6) is -0.338. The lowest BCUT2D eigenvalue weighted by Crippen LogP contribution is -2.36. The fraction of sp³-hybridized carbons (Fsp3) is 0.261. The van der Waals surface area contributed by atoms with E-state index in [4.69, 9.17) is 0 Å². The van der Waals surface area contributed by atoms with Crippen molar-refractivity contribution in [1.29, 1.82) is 0 Å². The van der Waals surface area contributed by atoms with Crippen LogP contribution in [-0.4, -0.2) is 35.0 Å². The summed E-state index contributed by atoms with van der Waals surface area (Å²) in [4.78, 5) is 15.1. The van der Waals surface area contributed by atoms with Gasteiger partial charge in [-0.25, -0.2) is 4.39 Å². The van der Waals surface area contributed by atoms with Crippen molar-refractivity contribution in [3.63, 3.8) is 0 Å². The number of nitrogens with zero attached hydrogens (tertiary/aromatic N) is 2. The molecule has 1 aliphatic rings. The van der Waals surface area contributed by atoms with Crippen molar-refractivity contribution in [2.24, 2.45) is 0 Å². The summed E-state index contributed by atoms with van der Waals surface area (Å²) < 4.78 is 15.3. The van der Waals surface area contributed by atoms with Crippen molar-refractivity contribution < 1.29 is 9.18 Å². The van der Waals surface area contributed by atoms with Crippen LogP contribution in [0.15, 0.2) is 73.1 Å². The Labute approximate surface area is 164 Å². The molecule has 0 saturated carbocycles. The highest BCUT2D eigenvalue weighted by Crippen LogP contribution is 2.25. The fourth-order valence-corrected chi connectivity index (χ4v) is 3.80. The van der Waals surface area contributed by atoms with E-state index in [2.05, 4.69) is 10.2 Å². The first kappa shape index (κ1) is 18.4. The van der Waals surface area contributed by atoms with Crippen LogP contribution in [0.5, 0.6) is 0 Å². The van der Waals surface area contributed by atoms with E-state index in [0.29, 0.717) is 12.1 Å². The van der Waals surface area contributed by atoms with Crippen molar-refractivity contribution >= 4 is 5.91 Å². The Hall–Kier alpha value is -2.92. The summed E-state index contributed by atoms with van der Waals surface area (Å²) in [6.07, 6.45) is 6.22. The van der Waals surface area contributed by atoms with E-state index in [0.717, 1.165) is 37.2 Å². The standard InChI is InChI=1S/C23H24FN3O/c24-20-10-8-18(9-11-20)22(27-14-3-4-15-27)17-25-23(28)19-6-5-7-21(16-19)26-12-1-2-13-26/h1-2,5-13,16,22H,3-4,14-15,17H2,(H,25,28). The van der Waals surface area contributed by atoms with E-state index in [-0.39, 0.29) is 17.8 Å². The molecule has 4 nitrogen and oxygen atoms in total. The minimum absolute atomic E-state index is 0.0553. The highest BCUT2D eigenvalue weighted by atomic mass is 19.1. The summed E-state index contributed by atoms with van der Waals surface area (Å²) in [6, 6.07) is 18.1. The minimum atomic E-state index is -0.241. The highest BCUT2D eigenvalue weighted by Gasteiger charge is 2.24. The maximum absolute atomic E-state index is 13.3. The van der Waals surface area contributed by atoms with E-state index in [1.54, 1.807) is 0 Å². The van der Waals surface area contributed by atoms with Gasteiger partial charge in [0.15, 0.2) is 0 Å². The molecular weight excluding hydrogens is 353 g/mol. The number of carbonyl (C=O) groups excluding carboxylic acids is 1. The summed E-state index contributed by atoms with van der Waals surface area (Å²) in [5, 5.41) is 3.08. The number of aromatic nitrogens is 1. The molecule has 1 saturated heterocycles. The van der Waals surface area contributed by atoms with Crippen LogP contribution < -0.4 is 5.32 Å². The van der Waals surface area contributed by atoms with Crippen LogP contribution in [0.3, 0.4) is 0 Å². The molecule has 4 rings (SSSR count). The van der Waals surface area contributed by atoms with Gasteiger partial charge >= 0.3 is 0 Å². The average molecular weight is 377 g/mol. The first-order valence-corrected chi connectivity index (χ1v) is 9.72. The van der Waals surface area contributed by atoms with Crippen LogP contribution in [0.2, 0.25) is 0 Å². The lowest BCUT2D eigenvalue weighted by molar-refractivity contribution is 0.0938. The molecule has 2 aromatic carbocycles. The monoisotopic (exact) mass is 377 g/mol. The number of rotatable bonds is 6. The topological polar surface area (TPSA) is 37.3 Å². The maximum atomic E-state index is 13.3. The van der Waals surface area contributed by atoms with Gasteiger partial charge in [0.1, 0.15) is 5.82 Å². The number of hydrogen-bond acceptors (Lipinski definition) is 2. The fourth-order valence-electron chi connectivity index (χ4n) is 3.80. The molecule has 2 heterocycles. The number of nitrogens with one attached hydrogen (secondary N) is 1. The Kier molecular flexibility index (Phi) is 5.53. The summed E-state index contributed by atoms with van der Waals surface area (Å²) in [7, 11) is 0. The molecule has 1 fully saturated rings. The predicted octanol–water partition coefficient (Wildman–Crippen LogP) is 4.18. The van der Waals surface area contributed by atoms with Gasteiger partial charge in [-0.3, -0.25) is 9.69 Å². The number of halogens is 1. The average Bonchev–Trinajstić information content (AvgIpc) is 3.44. The first-order chi connectivity index (χ1) is 13.7. The van der Waals surface area contributed by atoms with Crippen molar-refractivity contribution in [2.75, 3.05) is 19.6 Å². The maximum Gasteiger partial charge on any atom is 0.251 e. The van der Waals surface area contributed by atoms with Gasteiger partial charge in [-0.05, 0) is 74.0 Å². The van der Waals surface area contributed by atoms with Crippen molar-refractivity contribution in [3.05, 3.63) is 90.0 Å². The zero-order chi connectivity index (χ0) is 19.3. The molecule has 0 radical (unpaired) electrons. The lowest BCUT2D eigenvalue weighted by Gasteiger charge is -2.28. The molecule has 0 spiro atoms. The van der Waals surface area contributed by atoms with E-state index >= 15 is 0 Å².